The number of pyridine rings is 1. The van der Waals surface area contributed by atoms with E-state index in [1.54, 1.807) is 24.5 Å². The maximum Gasteiger partial charge on any atom is 0.259 e. The average molecular weight is 326 g/mol. The molecular weight excluding hydrogens is 308 g/mol. The molecule has 7 nitrogen and oxygen atoms in total. The number of benzene rings is 1. The first-order chi connectivity index (χ1) is 11.5. The number of aromatic hydroxyl groups is 1. The Bertz CT molecular complexity index is 902. The van der Waals surface area contributed by atoms with Gasteiger partial charge in [-0.15, -0.1) is 0 Å². The summed E-state index contributed by atoms with van der Waals surface area (Å²) >= 11 is 0. The standard InChI is InChI=1S/C17H18N4O3/c1-10(2)21-16-11(8-19-21)6-12(9-18-16)20-17(23)14-5-4-13(24-3)7-15(14)22/h4-10,22H,1-3H3,(H,20,23). The molecule has 0 aliphatic carbocycles. The number of carbonyl (C=O) groups excluding carboxylic acids is 1. The zero-order valence-corrected chi connectivity index (χ0v) is 13.6. The van der Waals surface area contributed by atoms with Crippen LogP contribution in [0.4, 0.5) is 5.69 Å². The van der Waals surface area contributed by atoms with E-state index in [0.717, 1.165) is 11.0 Å². The summed E-state index contributed by atoms with van der Waals surface area (Å²) in [5, 5.41) is 17.8. The van der Waals surface area contributed by atoms with E-state index in [2.05, 4.69) is 15.4 Å². The van der Waals surface area contributed by atoms with Gasteiger partial charge in [0.15, 0.2) is 5.65 Å². The molecule has 1 amide bonds. The number of hydrogen-bond acceptors (Lipinski definition) is 5. The topological polar surface area (TPSA) is 89.3 Å². The summed E-state index contributed by atoms with van der Waals surface area (Å²) in [6.45, 7) is 4.05. The third kappa shape index (κ3) is 2.88. The molecule has 124 valence electrons. The van der Waals surface area contributed by atoms with Crippen molar-refractivity contribution in [2.24, 2.45) is 0 Å². The number of rotatable bonds is 4. The minimum atomic E-state index is -0.424. The molecule has 0 fully saturated rings. The van der Waals surface area contributed by atoms with Gasteiger partial charge >= 0.3 is 0 Å². The Morgan fingerprint density at radius 2 is 2.08 bits per heavy atom. The molecule has 0 saturated heterocycles. The molecule has 0 atom stereocenters. The molecule has 0 radical (unpaired) electrons. The largest absolute Gasteiger partial charge is 0.507 e. The van der Waals surface area contributed by atoms with Crippen LogP contribution in [0, 0.1) is 0 Å². The van der Waals surface area contributed by atoms with E-state index in [-0.39, 0.29) is 17.4 Å². The van der Waals surface area contributed by atoms with Crippen molar-refractivity contribution in [1.29, 1.82) is 0 Å². The number of amides is 1. The van der Waals surface area contributed by atoms with E-state index in [4.69, 9.17) is 4.74 Å². The summed E-state index contributed by atoms with van der Waals surface area (Å²) in [6.07, 6.45) is 3.28. The number of hydrogen-bond donors (Lipinski definition) is 2. The average Bonchev–Trinajstić information content (AvgIpc) is 2.97. The van der Waals surface area contributed by atoms with Gasteiger partial charge in [0.25, 0.3) is 5.91 Å². The number of aromatic nitrogens is 3. The fourth-order valence-electron chi connectivity index (χ4n) is 2.42. The van der Waals surface area contributed by atoms with Crippen LogP contribution in [0.1, 0.15) is 30.2 Å². The van der Waals surface area contributed by atoms with E-state index in [0.29, 0.717) is 11.4 Å². The van der Waals surface area contributed by atoms with E-state index >= 15 is 0 Å². The maximum absolute atomic E-state index is 12.3. The van der Waals surface area contributed by atoms with Crippen molar-refractivity contribution in [1.82, 2.24) is 14.8 Å². The van der Waals surface area contributed by atoms with Gasteiger partial charge < -0.3 is 15.2 Å². The molecule has 2 heterocycles. The Kier molecular flexibility index (Phi) is 4.07. The monoisotopic (exact) mass is 326 g/mol. The molecule has 0 spiro atoms. The van der Waals surface area contributed by atoms with Gasteiger partial charge in [0.1, 0.15) is 11.5 Å². The van der Waals surface area contributed by atoms with Crippen LogP contribution < -0.4 is 10.1 Å². The highest BCUT2D eigenvalue weighted by atomic mass is 16.5. The summed E-state index contributed by atoms with van der Waals surface area (Å²) in [5.41, 5.74) is 1.45. The maximum atomic E-state index is 12.3. The highest BCUT2D eigenvalue weighted by Gasteiger charge is 2.14. The molecule has 7 heteroatoms. The molecule has 1 aromatic carbocycles. The first-order valence-electron chi connectivity index (χ1n) is 7.51. The van der Waals surface area contributed by atoms with Crippen LogP contribution in [0.15, 0.2) is 36.7 Å². The van der Waals surface area contributed by atoms with Gasteiger partial charge in [-0.25, -0.2) is 9.67 Å². The Hall–Kier alpha value is -3.09. The molecule has 0 saturated carbocycles. The number of anilines is 1. The highest BCUT2D eigenvalue weighted by molar-refractivity contribution is 6.06. The lowest BCUT2D eigenvalue weighted by atomic mass is 10.1. The number of methoxy groups -OCH3 is 1. The van der Waals surface area contributed by atoms with Gasteiger partial charge in [-0.2, -0.15) is 5.10 Å². The smallest absolute Gasteiger partial charge is 0.259 e. The lowest BCUT2D eigenvalue weighted by molar-refractivity contribution is 0.102. The summed E-state index contributed by atoms with van der Waals surface area (Å²) in [5.74, 6) is -0.0886. The Labute approximate surface area is 138 Å². The van der Waals surface area contributed by atoms with Crippen molar-refractivity contribution in [2.75, 3.05) is 12.4 Å². The number of phenols is 1. The minimum absolute atomic E-state index is 0.145. The van der Waals surface area contributed by atoms with Crippen molar-refractivity contribution >= 4 is 22.6 Å². The van der Waals surface area contributed by atoms with E-state index in [1.165, 1.54) is 19.2 Å². The van der Waals surface area contributed by atoms with Crippen LogP contribution in [0.2, 0.25) is 0 Å². The number of ether oxygens (including phenoxy) is 1. The van der Waals surface area contributed by atoms with E-state index < -0.39 is 5.91 Å². The molecule has 0 aliphatic heterocycles. The minimum Gasteiger partial charge on any atom is -0.507 e. The summed E-state index contributed by atoms with van der Waals surface area (Å²) in [4.78, 5) is 16.7. The third-order valence-electron chi connectivity index (χ3n) is 3.63. The predicted octanol–water partition coefficient (Wildman–Crippen LogP) is 2.98. The zero-order valence-electron chi connectivity index (χ0n) is 13.6. The Balaban J connectivity index is 1.85. The number of phenolic OH excluding ortho intramolecular Hbond substituents is 1. The Morgan fingerprint density at radius 3 is 2.75 bits per heavy atom. The molecule has 0 aliphatic rings. The molecule has 0 bridgehead atoms. The predicted molar refractivity (Wildman–Crippen MR) is 90.5 cm³/mol. The van der Waals surface area contributed by atoms with Gasteiger partial charge in [0.2, 0.25) is 0 Å². The van der Waals surface area contributed by atoms with Crippen LogP contribution in [0.25, 0.3) is 11.0 Å². The molecular formula is C17H18N4O3. The second kappa shape index (κ2) is 6.19. The van der Waals surface area contributed by atoms with Gasteiger partial charge in [0.05, 0.1) is 30.8 Å². The molecule has 3 aromatic rings. The number of nitrogens with one attached hydrogen (secondary N) is 1. The second-order valence-corrected chi connectivity index (χ2v) is 5.66. The normalized spacial score (nSPS) is 11.0. The van der Waals surface area contributed by atoms with Crippen molar-refractivity contribution in [3.63, 3.8) is 0 Å². The van der Waals surface area contributed by atoms with Crippen molar-refractivity contribution < 1.29 is 14.6 Å². The van der Waals surface area contributed by atoms with Crippen molar-refractivity contribution in [2.45, 2.75) is 19.9 Å². The van der Waals surface area contributed by atoms with Crippen LogP contribution >= 0.6 is 0 Å². The number of fused-ring (bicyclic) bond motifs is 1. The van der Waals surface area contributed by atoms with Crippen LogP contribution in [0.3, 0.4) is 0 Å². The molecule has 24 heavy (non-hydrogen) atoms. The second-order valence-electron chi connectivity index (χ2n) is 5.66. The van der Waals surface area contributed by atoms with Crippen molar-refractivity contribution in [3.05, 3.63) is 42.2 Å². The number of nitrogens with zero attached hydrogens (tertiary/aromatic N) is 3. The van der Waals surface area contributed by atoms with Gasteiger partial charge in [0, 0.05) is 17.5 Å². The van der Waals surface area contributed by atoms with Gasteiger partial charge in [-0.05, 0) is 32.0 Å². The van der Waals surface area contributed by atoms with Gasteiger partial charge in [-0.3, -0.25) is 4.79 Å². The highest BCUT2D eigenvalue weighted by Crippen LogP contribution is 2.25. The van der Waals surface area contributed by atoms with Crippen LogP contribution in [-0.4, -0.2) is 32.9 Å². The third-order valence-corrected chi connectivity index (χ3v) is 3.63. The lowest BCUT2D eigenvalue weighted by Crippen LogP contribution is -2.12. The first kappa shape index (κ1) is 15.8. The molecule has 2 N–H and O–H groups in total. The summed E-state index contributed by atoms with van der Waals surface area (Å²) in [7, 11) is 1.49. The van der Waals surface area contributed by atoms with E-state index in [9.17, 15) is 9.90 Å². The van der Waals surface area contributed by atoms with Gasteiger partial charge in [-0.1, -0.05) is 0 Å². The lowest BCUT2D eigenvalue weighted by Gasteiger charge is -2.09. The molecule has 3 rings (SSSR count). The Morgan fingerprint density at radius 1 is 1.29 bits per heavy atom. The summed E-state index contributed by atoms with van der Waals surface area (Å²) < 4.78 is 6.82. The van der Waals surface area contributed by atoms with Crippen LogP contribution in [-0.2, 0) is 0 Å². The van der Waals surface area contributed by atoms with E-state index in [1.807, 2.05) is 18.5 Å². The first-order valence-corrected chi connectivity index (χ1v) is 7.51. The summed E-state index contributed by atoms with van der Waals surface area (Å²) in [6, 6.07) is 6.51. The molecule has 0 unspecified atom stereocenters. The fourth-order valence-corrected chi connectivity index (χ4v) is 2.42. The van der Waals surface area contributed by atoms with Crippen molar-refractivity contribution in [3.8, 4) is 11.5 Å². The fraction of sp³-hybridized carbons (Fsp3) is 0.235. The quantitative estimate of drug-likeness (QED) is 0.769. The number of carbonyl (C=O) groups is 1. The zero-order chi connectivity index (χ0) is 17.3. The molecule has 2 aromatic heterocycles. The SMILES string of the molecule is COc1ccc(C(=O)Nc2cnc3c(cnn3C(C)C)c2)c(O)c1. The van der Waals surface area contributed by atoms with Crippen LogP contribution in [0.5, 0.6) is 11.5 Å².